The normalized spacial score (nSPS) is 20.0. The fourth-order valence-electron chi connectivity index (χ4n) is 4.69. The molecule has 2 aromatic rings. The highest BCUT2D eigenvalue weighted by Gasteiger charge is 2.42. The molecule has 0 spiro atoms. The predicted molar refractivity (Wildman–Crippen MR) is 121 cm³/mol. The van der Waals surface area contributed by atoms with Gasteiger partial charge in [0.2, 0.25) is 5.91 Å². The van der Waals surface area contributed by atoms with Gasteiger partial charge in [0.1, 0.15) is 0 Å². The van der Waals surface area contributed by atoms with Crippen LogP contribution < -0.4 is 0 Å². The molecular weight excluding hydrogens is 447 g/mol. The van der Waals surface area contributed by atoms with E-state index in [4.69, 9.17) is 0 Å². The highest BCUT2D eigenvalue weighted by atomic mass is 19.4. The molecule has 7 nitrogen and oxygen atoms in total. The van der Waals surface area contributed by atoms with Crippen LogP contribution in [0.5, 0.6) is 0 Å². The molecule has 34 heavy (non-hydrogen) atoms. The number of carbonyl (C=O) groups is 2. The first-order chi connectivity index (χ1) is 16.1. The number of nitrogens with zero attached hydrogens (tertiary/aromatic N) is 5. The summed E-state index contributed by atoms with van der Waals surface area (Å²) in [5.74, 6) is -0.618. The molecule has 3 heterocycles. The summed E-state index contributed by atoms with van der Waals surface area (Å²) in [6.07, 6.45) is -0.599. The van der Waals surface area contributed by atoms with Crippen LogP contribution in [-0.4, -0.2) is 81.6 Å². The van der Waals surface area contributed by atoms with Crippen molar-refractivity contribution < 1.29 is 22.8 Å². The van der Waals surface area contributed by atoms with Gasteiger partial charge in [-0.25, -0.2) is 4.68 Å². The number of hydrogen-bond acceptors (Lipinski definition) is 4. The lowest BCUT2D eigenvalue weighted by Gasteiger charge is -2.38. The van der Waals surface area contributed by atoms with Crippen LogP contribution in [0.2, 0.25) is 0 Å². The van der Waals surface area contributed by atoms with Gasteiger partial charge in [0, 0.05) is 38.8 Å². The lowest BCUT2D eigenvalue weighted by Crippen LogP contribution is -2.53. The van der Waals surface area contributed by atoms with Crippen molar-refractivity contribution in [3.05, 3.63) is 47.3 Å². The van der Waals surface area contributed by atoms with E-state index in [0.29, 0.717) is 13.1 Å². The van der Waals surface area contributed by atoms with Gasteiger partial charge in [-0.15, -0.1) is 0 Å². The number of likely N-dealkylation sites (tertiary alicyclic amines) is 1. The third-order valence-corrected chi connectivity index (χ3v) is 6.69. The van der Waals surface area contributed by atoms with Crippen LogP contribution in [0.15, 0.2) is 30.5 Å². The summed E-state index contributed by atoms with van der Waals surface area (Å²) >= 11 is 0. The van der Waals surface area contributed by atoms with Crippen LogP contribution >= 0.6 is 0 Å². The zero-order chi connectivity index (χ0) is 24.5. The molecule has 2 saturated heterocycles. The Morgan fingerprint density at radius 2 is 1.71 bits per heavy atom. The Labute approximate surface area is 197 Å². The summed E-state index contributed by atoms with van der Waals surface area (Å²) in [5, 5.41) is 3.90. The standard InChI is InChI=1S/C24H30F3N5O2/c1-17-6-8-19(9-7-17)32-22(24(25,26)27)20(15-28-32)23(34)30-13-11-29(12-14-30)16-21(33)31-10-4-3-5-18(31)2/h6-9,15,18H,3-5,10-14,16H2,1-2H3. The average Bonchev–Trinajstić information content (AvgIpc) is 3.26. The van der Waals surface area contributed by atoms with E-state index >= 15 is 0 Å². The molecule has 1 aromatic carbocycles. The van der Waals surface area contributed by atoms with E-state index in [2.05, 4.69) is 12.0 Å². The smallest absolute Gasteiger partial charge is 0.339 e. The number of alkyl halides is 3. The average molecular weight is 478 g/mol. The maximum absolute atomic E-state index is 14.0. The van der Waals surface area contributed by atoms with E-state index in [0.717, 1.165) is 42.2 Å². The van der Waals surface area contributed by atoms with Crippen LogP contribution in [0.25, 0.3) is 5.69 Å². The van der Waals surface area contributed by atoms with E-state index < -0.39 is 23.3 Å². The second kappa shape index (κ2) is 9.77. The molecule has 2 aliphatic heterocycles. The quantitative estimate of drug-likeness (QED) is 0.678. The zero-order valence-corrected chi connectivity index (χ0v) is 19.5. The van der Waals surface area contributed by atoms with Crippen LogP contribution in [0.3, 0.4) is 0 Å². The molecule has 2 fully saturated rings. The van der Waals surface area contributed by atoms with Crippen LogP contribution in [0, 0.1) is 6.92 Å². The number of halogens is 3. The molecule has 2 aliphatic rings. The predicted octanol–water partition coefficient (Wildman–Crippen LogP) is 3.36. The number of amides is 2. The molecule has 0 aliphatic carbocycles. The van der Waals surface area contributed by atoms with E-state index in [9.17, 15) is 22.8 Å². The van der Waals surface area contributed by atoms with Gasteiger partial charge in [0.15, 0.2) is 5.69 Å². The van der Waals surface area contributed by atoms with Gasteiger partial charge in [0.25, 0.3) is 5.91 Å². The highest BCUT2D eigenvalue weighted by Crippen LogP contribution is 2.34. The Balaban J connectivity index is 1.44. The second-order valence-electron chi connectivity index (χ2n) is 9.15. The monoisotopic (exact) mass is 477 g/mol. The van der Waals surface area contributed by atoms with Gasteiger partial charge < -0.3 is 9.80 Å². The van der Waals surface area contributed by atoms with Crippen molar-refractivity contribution in [2.75, 3.05) is 39.3 Å². The lowest BCUT2D eigenvalue weighted by atomic mass is 10.0. The summed E-state index contributed by atoms with van der Waals surface area (Å²) in [7, 11) is 0. The van der Waals surface area contributed by atoms with Gasteiger partial charge >= 0.3 is 6.18 Å². The van der Waals surface area contributed by atoms with Crippen LogP contribution in [-0.2, 0) is 11.0 Å². The van der Waals surface area contributed by atoms with E-state index in [-0.39, 0.29) is 37.3 Å². The molecule has 0 N–H and O–H groups in total. The third kappa shape index (κ3) is 5.11. The van der Waals surface area contributed by atoms with Crippen LogP contribution in [0.4, 0.5) is 13.2 Å². The van der Waals surface area contributed by atoms with E-state index in [1.54, 1.807) is 24.3 Å². The molecule has 184 valence electrons. The molecule has 2 amide bonds. The maximum atomic E-state index is 14.0. The number of aromatic nitrogens is 2. The minimum atomic E-state index is -4.74. The fraction of sp³-hybridized carbons (Fsp3) is 0.542. The first-order valence-corrected chi connectivity index (χ1v) is 11.7. The van der Waals surface area contributed by atoms with Crippen molar-refractivity contribution in [1.29, 1.82) is 0 Å². The lowest BCUT2D eigenvalue weighted by molar-refractivity contribution is -0.143. The Bertz CT molecular complexity index is 1030. The Kier molecular flexibility index (Phi) is 6.97. The SMILES string of the molecule is Cc1ccc(-n2ncc(C(=O)N3CCN(CC(=O)N4CCCCC4C)CC3)c2C(F)(F)F)cc1. The maximum Gasteiger partial charge on any atom is 0.434 e. The Morgan fingerprint density at radius 3 is 2.32 bits per heavy atom. The Hall–Kier alpha value is -2.88. The number of carbonyl (C=O) groups excluding carboxylic acids is 2. The van der Waals surface area contributed by atoms with Crippen molar-refractivity contribution >= 4 is 11.8 Å². The molecule has 1 aromatic heterocycles. The number of hydrogen-bond donors (Lipinski definition) is 0. The number of benzene rings is 1. The number of piperazine rings is 1. The summed E-state index contributed by atoms with van der Waals surface area (Å²) < 4.78 is 42.7. The first kappa shape index (κ1) is 24.3. The van der Waals surface area contributed by atoms with Crippen molar-refractivity contribution in [2.45, 2.75) is 45.3 Å². The molecule has 0 bridgehead atoms. The van der Waals surface area contributed by atoms with Crippen molar-refractivity contribution in [1.82, 2.24) is 24.5 Å². The summed E-state index contributed by atoms with van der Waals surface area (Å²) in [6, 6.07) is 6.72. The molecule has 10 heteroatoms. The van der Waals surface area contributed by atoms with Crippen LogP contribution in [0.1, 0.15) is 47.8 Å². The fourth-order valence-corrected chi connectivity index (χ4v) is 4.69. The highest BCUT2D eigenvalue weighted by molar-refractivity contribution is 5.95. The number of rotatable bonds is 4. The van der Waals surface area contributed by atoms with Crippen molar-refractivity contribution in [3.63, 3.8) is 0 Å². The van der Waals surface area contributed by atoms with Gasteiger partial charge in [-0.1, -0.05) is 17.7 Å². The van der Waals surface area contributed by atoms with Gasteiger partial charge in [-0.05, 0) is 45.2 Å². The molecule has 0 radical (unpaired) electrons. The summed E-state index contributed by atoms with van der Waals surface area (Å²) in [5.41, 5.74) is -0.378. The second-order valence-corrected chi connectivity index (χ2v) is 9.15. The zero-order valence-electron chi connectivity index (χ0n) is 19.5. The number of aryl methyl sites for hydroxylation is 1. The minimum absolute atomic E-state index is 0.0747. The summed E-state index contributed by atoms with van der Waals surface area (Å²) in [6.45, 7) is 6.33. The first-order valence-electron chi connectivity index (χ1n) is 11.7. The van der Waals surface area contributed by atoms with Crippen molar-refractivity contribution in [3.8, 4) is 5.69 Å². The topological polar surface area (TPSA) is 61.7 Å². The minimum Gasteiger partial charge on any atom is -0.339 e. The van der Waals surface area contributed by atoms with E-state index in [1.807, 2.05) is 16.7 Å². The largest absolute Gasteiger partial charge is 0.434 e. The molecule has 0 saturated carbocycles. The third-order valence-electron chi connectivity index (χ3n) is 6.69. The van der Waals surface area contributed by atoms with Gasteiger partial charge in [-0.3, -0.25) is 14.5 Å². The molecule has 1 atom stereocenters. The molecule has 4 rings (SSSR count). The van der Waals surface area contributed by atoms with E-state index in [1.165, 1.54) is 4.90 Å². The summed E-state index contributed by atoms with van der Waals surface area (Å²) in [4.78, 5) is 31.1. The van der Waals surface area contributed by atoms with Crippen molar-refractivity contribution in [2.24, 2.45) is 0 Å². The van der Waals surface area contributed by atoms with Gasteiger partial charge in [-0.2, -0.15) is 18.3 Å². The molecule has 1 unspecified atom stereocenters. The number of piperidine rings is 1. The van der Waals surface area contributed by atoms with Gasteiger partial charge in [0.05, 0.1) is 24.0 Å². The molecular formula is C24H30F3N5O2. The Morgan fingerprint density at radius 1 is 1.03 bits per heavy atom.